The number of hydrogen-bond donors (Lipinski definition) is 0. The Hall–Kier alpha value is -1.85. The van der Waals surface area contributed by atoms with E-state index in [1.807, 2.05) is 0 Å². The third-order valence-electron chi connectivity index (χ3n) is 2.18. The van der Waals surface area contributed by atoms with E-state index in [1.165, 1.54) is 19.1 Å². The van der Waals surface area contributed by atoms with Crippen molar-refractivity contribution in [1.82, 2.24) is 9.38 Å². The number of hydrogen-bond acceptors (Lipinski definition) is 2. The highest BCUT2D eigenvalue weighted by molar-refractivity contribution is 5.41. The van der Waals surface area contributed by atoms with Crippen molar-refractivity contribution in [3.63, 3.8) is 0 Å². The molecule has 2 aromatic heterocycles. The number of halogens is 3. The second kappa shape index (κ2) is 3.33. The Kier molecular flexibility index (Phi) is 2.22. The molecule has 0 aliphatic rings. The van der Waals surface area contributed by atoms with Gasteiger partial charge >= 0.3 is 6.18 Å². The Morgan fingerprint density at radius 1 is 1.31 bits per heavy atom. The summed E-state index contributed by atoms with van der Waals surface area (Å²) < 4.78 is 39.0. The topological polar surface area (TPSA) is 34.4 Å². The molecule has 6 heteroatoms. The molecule has 0 fully saturated rings. The van der Waals surface area contributed by atoms with Gasteiger partial charge in [-0.15, -0.1) is 0 Å². The minimum atomic E-state index is -4.57. The molecule has 0 radical (unpaired) electrons. The maximum atomic E-state index is 12.7. The summed E-state index contributed by atoms with van der Waals surface area (Å²) in [4.78, 5) is 14.6. The Morgan fingerprint density at radius 3 is 2.62 bits per heavy atom. The maximum absolute atomic E-state index is 12.7. The first-order valence-electron chi connectivity index (χ1n) is 4.46. The molecular formula is C10H7F3N2O. The van der Waals surface area contributed by atoms with Crippen molar-refractivity contribution < 1.29 is 13.2 Å². The first-order valence-corrected chi connectivity index (χ1v) is 4.46. The summed E-state index contributed by atoms with van der Waals surface area (Å²) >= 11 is 0. The van der Waals surface area contributed by atoms with Crippen LogP contribution in [0.5, 0.6) is 0 Å². The number of fused-ring (bicyclic) bond motifs is 1. The second-order valence-electron chi connectivity index (χ2n) is 3.34. The lowest BCUT2D eigenvalue weighted by atomic mass is 10.3. The van der Waals surface area contributed by atoms with Crippen molar-refractivity contribution in [2.75, 3.05) is 0 Å². The van der Waals surface area contributed by atoms with Gasteiger partial charge in [0.25, 0.3) is 5.56 Å². The van der Waals surface area contributed by atoms with Crippen molar-refractivity contribution in [2.24, 2.45) is 0 Å². The Bertz CT molecular complexity index is 601. The van der Waals surface area contributed by atoms with Crippen molar-refractivity contribution in [1.29, 1.82) is 0 Å². The van der Waals surface area contributed by atoms with Crippen molar-refractivity contribution >= 4 is 5.65 Å². The normalized spacial score (nSPS) is 12.0. The van der Waals surface area contributed by atoms with Crippen molar-refractivity contribution in [2.45, 2.75) is 13.1 Å². The fourth-order valence-corrected chi connectivity index (χ4v) is 1.54. The molecule has 0 amide bonds. The molecule has 0 aromatic carbocycles. The number of nitrogens with zero attached hydrogens (tertiary/aromatic N) is 2. The predicted octanol–water partition coefficient (Wildman–Crippen LogP) is 2.02. The number of aromatic nitrogens is 2. The zero-order chi connectivity index (χ0) is 11.9. The molecule has 0 atom stereocenters. The second-order valence-corrected chi connectivity index (χ2v) is 3.34. The van der Waals surface area contributed by atoms with Crippen LogP contribution < -0.4 is 5.56 Å². The van der Waals surface area contributed by atoms with E-state index in [4.69, 9.17) is 0 Å². The van der Waals surface area contributed by atoms with Crippen LogP contribution in [0.15, 0.2) is 29.1 Å². The van der Waals surface area contributed by atoms with Crippen LogP contribution in [0.1, 0.15) is 11.4 Å². The van der Waals surface area contributed by atoms with Gasteiger partial charge in [0.2, 0.25) is 0 Å². The predicted molar refractivity (Wildman–Crippen MR) is 51.2 cm³/mol. The van der Waals surface area contributed by atoms with Gasteiger partial charge in [-0.2, -0.15) is 18.2 Å². The molecule has 0 bridgehead atoms. The number of rotatable bonds is 0. The van der Waals surface area contributed by atoms with Gasteiger partial charge in [-0.25, -0.2) is 0 Å². The fraction of sp³-hybridized carbons (Fsp3) is 0.200. The van der Waals surface area contributed by atoms with Crippen LogP contribution in [0.3, 0.4) is 0 Å². The van der Waals surface area contributed by atoms with Crippen LogP contribution in [0.4, 0.5) is 13.2 Å². The smallest absolute Gasteiger partial charge is 0.294 e. The molecule has 0 saturated heterocycles. The molecule has 0 aliphatic heterocycles. The van der Waals surface area contributed by atoms with Crippen LogP contribution in [-0.4, -0.2) is 9.38 Å². The molecule has 84 valence electrons. The molecule has 16 heavy (non-hydrogen) atoms. The van der Waals surface area contributed by atoms with Crippen LogP contribution >= 0.6 is 0 Å². The highest BCUT2D eigenvalue weighted by Gasteiger charge is 2.34. The highest BCUT2D eigenvalue weighted by Crippen LogP contribution is 2.28. The zero-order valence-corrected chi connectivity index (χ0v) is 8.25. The van der Waals surface area contributed by atoms with E-state index < -0.39 is 17.4 Å². The van der Waals surface area contributed by atoms with Gasteiger partial charge in [-0.1, -0.05) is 6.07 Å². The fourth-order valence-electron chi connectivity index (χ4n) is 1.54. The molecule has 2 rings (SSSR count). The highest BCUT2D eigenvalue weighted by atomic mass is 19.4. The van der Waals surface area contributed by atoms with E-state index in [0.717, 1.165) is 4.40 Å². The van der Waals surface area contributed by atoms with Crippen molar-refractivity contribution in [3.8, 4) is 0 Å². The molecule has 2 aromatic rings. The van der Waals surface area contributed by atoms with Crippen molar-refractivity contribution in [3.05, 3.63) is 46.0 Å². The number of pyridine rings is 1. The number of alkyl halides is 3. The minimum Gasteiger partial charge on any atom is -0.294 e. The first kappa shape index (κ1) is 10.7. The Balaban J connectivity index is 2.97. The van der Waals surface area contributed by atoms with Crippen LogP contribution in [0.25, 0.3) is 5.65 Å². The van der Waals surface area contributed by atoms with Gasteiger partial charge in [-0.05, 0) is 19.1 Å². The molecule has 3 nitrogen and oxygen atoms in total. The van der Waals surface area contributed by atoms with Crippen LogP contribution in [0, 0.1) is 6.92 Å². The molecule has 0 aliphatic carbocycles. The van der Waals surface area contributed by atoms with E-state index in [-0.39, 0.29) is 5.65 Å². The van der Waals surface area contributed by atoms with E-state index in [2.05, 4.69) is 4.98 Å². The molecule has 0 unspecified atom stereocenters. The Labute approximate surface area is 88.2 Å². The van der Waals surface area contributed by atoms with Crippen LogP contribution in [0.2, 0.25) is 0 Å². The summed E-state index contributed by atoms with van der Waals surface area (Å²) in [5, 5.41) is 0. The molecule has 2 heterocycles. The number of aryl methyl sites for hydroxylation is 1. The molecule has 0 saturated carbocycles. The van der Waals surface area contributed by atoms with Crippen LogP contribution in [-0.2, 0) is 6.18 Å². The largest absolute Gasteiger partial charge is 0.432 e. The lowest BCUT2D eigenvalue weighted by Gasteiger charge is -2.13. The lowest BCUT2D eigenvalue weighted by Crippen LogP contribution is -2.20. The summed E-state index contributed by atoms with van der Waals surface area (Å²) in [6.45, 7) is 1.52. The van der Waals surface area contributed by atoms with Gasteiger partial charge in [0.15, 0.2) is 0 Å². The van der Waals surface area contributed by atoms with Gasteiger partial charge in [0.1, 0.15) is 11.3 Å². The molecular weight excluding hydrogens is 221 g/mol. The van der Waals surface area contributed by atoms with E-state index >= 15 is 0 Å². The average Bonchev–Trinajstić information content (AvgIpc) is 2.15. The summed E-state index contributed by atoms with van der Waals surface area (Å²) in [5.74, 6) is 0. The van der Waals surface area contributed by atoms with Gasteiger partial charge in [0, 0.05) is 11.8 Å². The van der Waals surface area contributed by atoms with E-state index in [1.54, 1.807) is 6.07 Å². The summed E-state index contributed by atoms with van der Waals surface area (Å²) in [5.41, 5.74) is -1.52. The molecule has 0 spiro atoms. The standard InChI is InChI=1S/C10H7F3N2O/c1-6-3-2-4-8-14-9(16)5-7(15(6)8)10(11,12)13/h2-5H,1H3. The summed E-state index contributed by atoms with van der Waals surface area (Å²) in [7, 11) is 0. The summed E-state index contributed by atoms with van der Waals surface area (Å²) in [6, 6.07) is 4.94. The quantitative estimate of drug-likeness (QED) is 0.691. The lowest BCUT2D eigenvalue weighted by molar-refractivity contribution is -0.142. The first-order chi connectivity index (χ1) is 7.39. The minimum absolute atomic E-state index is 0.000162. The Morgan fingerprint density at radius 2 is 2.00 bits per heavy atom. The van der Waals surface area contributed by atoms with E-state index in [0.29, 0.717) is 11.8 Å². The average molecular weight is 228 g/mol. The summed E-state index contributed by atoms with van der Waals surface area (Å²) in [6.07, 6.45) is -4.57. The van der Waals surface area contributed by atoms with Gasteiger partial charge in [-0.3, -0.25) is 9.20 Å². The monoisotopic (exact) mass is 228 g/mol. The maximum Gasteiger partial charge on any atom is 0.432 e. The van der Waals surface area contributed by atoms with E-state index in [9.17, 15) is 18.0 Å². The third kappa shape index (κ3) is 1.66. The molecule has 0 N–H and O–H groups in total. The SMILES string of the molecule is Cc1cccc2nc(=O)cc(C(F)(F)F)n12. The third-order valence-corrected chi connectivity index (χ3v) is 2.18. The zero-order valence-electron chi connectivity index (χ0n) is 8.25. The van der Waals surface area contributed by atoms with Gasteiger partial charge in [0.05, 0.1) is 0 Å². The van der Waals surface area contributed by atoms with Gasteiger partial charge < -0.3 is 0 Å².